The number of aliphatic imine (C=N–C) groups is 1. The number of likely N-dealkylation sites (tertiary alicyclic amines) is 1. The molecule has 1 heterocycles. The first kappa shape index (κ1) is 17.6. The van der Waals surface area contributed by atoms with Crippen LogP contribution in [0.4, 0.5) is 0 Å². The van der Waals surface area contributed by atoms with Gasteiger partial charge in [-0.25, -0.2) is 0 Å². The standard InChI is InChI=1S/C18H36N4/c1-4-18(10-5-6-11-18)15-21-17(19-2)20-12-7-16-8-13-22(3)14-9-16/h16H,4-15H2,1-3H3,(H2,19,20,21). The van der Waals surface area contributed by atoms with E-state index in [1.54, 1.807) is 0 Å². The predicted molar refractivity (Wildman–Crippen MR) is 95.4 cm³/mol. The van der Waals surface area contributed by atoms with Crippen LogP contribution in [0, 0.1) is 11.3 Å². The molecule has 0 aromatic heterocycles. The maximum absolute atomic E-state index is 4.40. The van der Waals surface area contributed by atoms with E-state index in [4.69, 9.17) is 0 Å². The maximum atomic E-state index is 4.40. The second kappa shape index (κ2) is 8.76. The third-order valence-electron chi connectivity index (χ3n) is 5.95. The van der Waals surface area contributed by atoms with Crippen molar-refractivity contribution in [3.05, 3.63) is 0 Å². The molecular formula is C18H36N4. The van der Waals surface area contributed by atoms with Crippen molar-refractivity contribution in [3.8, 4) is 0 Å². The van der Waals surface area contributed by atoms with Crippen molar-refractivity contribution >= 4 is 5.96 Å². The van der Waals surface area contributed by atoms with E-state index in [2.05, 4.69) is 34.5 Å². The van der Waals surface area contributed by atoms with Gasteiger partial charge in [-0.05, 0) is 70.0 Å². The van der Waals surface area contributed by atoms with Crippen LogP contribution in [0.5, 0.6) is 0 Å². The van der Waals surface area contributed by atoms with Gasteiger partial charge in [0.15, 0.2) is 5.96 Å². The summed E-state index contributed by atoms with van der Waals surface area (Å²) in [5, 5.41) is 7.10. The van der Waals surface area contributed by atoms with Crippen molar-refractivity contribution in [3.63, 3.8) is 0 Å². The van der Waals surface area contributed by atoms with Crippen molar-refractivity contribution in [2.45, 2.75) is 58.3 Å². The fourth-order valence-corrected chi connectivity index (χ4v) is 4.02. The molecule has 0 aromatic carbocycles. The number of nitrogens with zero attached hydrogens (tertiary/aromatic N) is 2. The van der Waals surface area contributed by atoms with Gasteiger partial charge >= 0.3 is 0 Å². The lowest BCUT2D eigenvalue weighted by molar-refractivity contribution is 0.213. The first-order valence-electron chi connectivity index (χ1n) is 9.30. The number of guanidine groups is 1. The van der Waals surface area contributed by atoms with Crippen LogP contribution in [0.2, 0.25) is 0 Å². The molecule has 0 amide bonds. The summed E-state index contributed by atoms with van der Waals surface area (Å²) in [6, 6.07) is 0. The van der Waals surface area contributed by atoms with E-state index < -0.39 is 0 Å². The van der Waals surface area contributed by atoms with E-state index in [9.17, 15) is 0 Å². The summed E-state index contributed by atoms with van der Waals surface area (Å²) in [4.78, 5) is 6.84. The van der Waals surface area contributed by atoms with E-state index in [1.807, 2.05) is 7.05 Å². The molecule has 1 aliphatic heterocycles. The lowest BCUT2D eigenvalue weighted by atomic mass is 9.83. The quantitative estimate of drug-likeness (QED) is 0.585. The summed E-state index contributed by atoms with van der Waals surface area (Å²) in [5.41, 5.74) is 0.519. The first-order valence-corrected chi connectivity index (χ1v) is 9.30. The van der Waals surface area contributed by atoms with E-state index in [1.165, 1.54) is 64.5 Å². The van der Waals surface area contributed by atoms with Gasteiger partial charge in [0.2, 0.25) is 0 Å². The van der Waals surface area contributed by atoms with Crippen LogP contribution in [0.15, 0.2) is 4.99 Å². The van der Waals surface area contributed by atoms with Gasteiger partial charge in [0.05, 0.1) is 0 Å². The van der Waals surface area contributed by atoms with Crippen molar-refractivity contribution in [1.82, 2.24) is 15.5 Å². The van der Waals surface area contributed by atoms with Crippen LogP contribution < -0.4 is 10.6 Å². The van der Waals surface area contributed by atoms with Crippen LogP contribution in [0.3, 0.4) is 0 Å². The fourth-order valence-electron chi connectivity index (χ4n) is 4.02. The van der Waals surface area contributed by atoms with E-state index in [-0.39, 0.29) is 0 Å². The highest BCUT2D eigenvalue weighted by atomic mass is 15.2. The van der Waals surface area contributed by atoms with Crippen LogP contribution in [-0.2, 0) is 0 Å². The van der Waals surface area contributed by atoms with Crippen LogP contribution in [0.1, 0.15) is 58.3 Å². The Bertz CT molecular complexity index is 339. The average Bonchev–Trinajstić information content (AvgIpc) is 3.02. The Morgan fingerprint density at radius 3 is 2.45 bits per heavy atom. The summed E-state index contributed by atoms with van der Waals surface area (Å²) in [5.74, 6) is 1.88. The Morgan fingerprint density at radius 2 is 1.86 bits per heavy atom. The van der Waals surface area contributed by atoms with Crippen molar-refractivity contribution in [2.24, 2.45) is 16.3 Å². The van der Waals surface area contributed by atoms with Crippen molar-refractivity contribution < 1.29 is 0 Å². The minimum atomic E-state index is 0.519. The lowest BCUT2D eigenvalue weighted by Crippen LogP contribution is -2.43. The van der Waals surface area contributed by atoms with Crippen LogP contribution in [0.25, 0.3) is 0 Å². The zero-order chi connectivity index (χ0) is 15.8. The van der Waals surface area contributed by atoms with Crippen LogP contribution >= 0.6 is 0 Å². The van der Waals surface area contributed by atoms with Gasteiger partial charge < -0.3 is 15.5 Å². The highest BCUT2D eigenvalue weighted by molar-refractivity contribution is 5.79. The summed E-state index contributed by atoms with van der Waals surface area (Å²) in [7, 11) is 4.12. The molecule has 0 bridgehead atoms. The zero-order valence-corrected chi connectivity index (χ0v) is 15.0. The Kier molecular flexibility index (Phi) is 7.00. The van der Waals surface area contributed by atoms with Gasteiger partial charge in [0, 0.05) is 20.1 Å². The van der Waals surface area contributed by atoms with E-state index in [0.717, 1.165) is 25.0 Å². The van der Waals surface area contributed by atoms with Gasteiger partial charge in [0.1, 0.15) is 0 Å². The molecule has 128 valence electrons. The molecule has 2 fully saturated rings. The minimum Gasteiger partial charge on any atom is -0.356 e. The smallest absolute Gasteiger partial charge is 0.190 e. The maximum Gasteiger partial charge on any atom is 0.190 e. The molecule has 1 saturated carbocycles. The van der Waals surface area contributed by atoms with E-state index in [0.29, 0.717) is 5.41 Å². The van der Waals surface area contributed by atoms with E-state index >= 15 is 0 Å². The average molecular weight is 309 g/mol. The molecule has 1 aliphatic carbocycles. The number of nitrogens with one attached hydrogen (secondary N) is 2. The highest BCUT2D eigenvalue weighted by Gasteiger charge is 2.31. The molecule has 1 saturated heterocycles. The molecule has 0 aromatic rings. The second-order valence-electron chi connectivity index (χ2n) is 7.45. The molecule has 2 N–H and O–H groups in total. The van der Waals surface area contributed by atoms with Crippen molar-refractivity contribution in [1.29, 1.82) is 0 Å². The molecule has 22 heavy (non-hydrogen) atoms. The molecule has 2 rings (SSSR count). The molecule has 4 nitrogen and oxygen atoms in total. The largest absolute Gasteiger partial charge is 0.356 e. The molecule has 0 radical (unpaired) electrons. The Labute approximate surface area is 137 Å². The molecule has 2 aliphatic rings. The van der Waals surface area contributed by atoms with Gasteiger partial charge in [-0.3, -0.25) is 4.99 Å². The van der Waals surface area contributed by atoms with Gasteiger partial charge in [-0.1, -0.05) is 19.8 Å². The number of piperidine rings is 1. The normalized spacial score (nSPS) is 23.7. The Hall–Kier alpha value is -0.770. The van der Waals surface area contributed by atoms with Gasteiger partial charge in [-0.15, -0.1) is 0 Å². The third kappa shape index (κ3) is 5.15. The number of hydrogen-bond donors (Lipinski definition) is 2. The van der Waals surface area contributed by atoms with Gasteiger partial charge in [-0.2, -0.15) is 0 Å². The number of rotatable bonds is 6. The van der Waals surface area contributed by atoms with Crippen molar-refractivity contribution in [2.75, 3.05) is 40.3 Å². The minimum absolute atomic E-state index is 0.519. The Balaban J connectivity index is 1.65. The summed E-state index contributed by atoms with van der Waals surface area (Å²) in [6.45, 7) is 6.99. The molecule has 0 atom stereocenters. The zero-order valence-electron chi connectivity index (χ0n) is 15.0. The summed E-state index contributed by atoms with van der Waals surface area (Å²) >= 11 is 0. The molecular weight excluding hydrogens is 272 g/mol. The SMILES string of the molecule is CCC1(CNC(=NC)NCCC2CCN(C)CC2)CCCC1. The van der Waals surface area contributed by atoms with Crippen LogP contribution in [-0.4, -0.2) is 51.1 Å². The number of hydrogen-bond acceptors (Lipinski definition) is 2. The molecule has 4 heteroatoms. The lowest BCUT2D eigenvalue weighted by Gasteiger charge is -2.30. The molecule has 0 spiro atoms. The first-order chi connectivity index (χ1) is 10.7. The predicted octanol–water partition coefficient (Wildman–Crippen LogP) is 2.85. The Morgan fingerprint density at radius 1 is 1.18 bits per heavy atom. The monoisotopic (exact) mass is 308 g/mol. The summed E-state index contributed by atoms with van der Waals surface area (Å²) < 4.78 is 0. The second-order valence-corrected chi connectivity index (χ2v) is 7.45. The summed E-state index contributed by atoms with van der Waals surface area (Å²) in [6.07, 6.45) is 10.8. The highest BCUT2D eigenvalue weighted by Crippen LogP contribution is 2.40. The topological polar surface area (TPSA) is 39.7 Å². The third-order valence-corrected chi connectivity index (χ3v) is 5.95. The fraction of sp³-hybridized carbons (Fsp3) is 0.944. The molecule has 0 unspecified atom stereocenters. The van der Waals surface area contributed by atoms with Gasteiger partial charge in [0.25, 0.3) is 0 Å².